The number of anilines is 2. The predicted molar refractivity (Wildman–Crippen MR) is 56.7 cm³/mol. The maximum atomic E-state index is 12.0. The van der Waals surface area contributed by atoms with Gasteiger partial charge >= 0.3 is 0 Å². The summed E-state index contributed by atoms with van der Waals surface area (Å²) >= 11 is 0. The maximum Gasteiger partial charge on any atom is 0.265 e. The van der Waals surface area contributed by atoms with Gasteiger partial charge in [0, 0.05) is 19.2 Å². The van der Waals surface area contributed by atoms with Crippen molar-refractivity contribution in [3.05, 3.63) is 12.4 Å². The molecule has 1 unspecified atom stereocenters. The van der Waals surface area contributed by atoms with Crippen molar-refractivity contribution in [2.24, 2.45) is 0 Å². The molecule has 0 aliphatic heterocycles. The number of halogens is 2. The van der Waals surface area contributed by atoms with Crippen LogP contribution in [0.1, 0.15) is 6.92 Å². The van der Waals surface area contributed by atoms with Crippen LogP contribution in [0.25, 0.3) is 0 Å². The number of nitrogens with zero attached hydrogens (tertiary/aromatic N) is 2. The number of aromatic nitrogens is 2. The first kappa shape index (κ1) is 12.6. The minimum atomic E-state index is -2.76. The highest BCUT2D eigenvalue weighted by molar-refractivity contribution is 5.46. The van der Waals surface area contributed by atoms with Crippen molar-refractivity contribution < 1.29 is 13.9 Å². The van der Waals surface area contributed by atoms with Crippen LogP contribution in [0.5, 0.6) is 0 Å². The minimum absolute atomic E-state index is 0.250. The van der Waals surface area contributed by atoms with Gasteiger partial charge < -0.3 is 15.7 Å². The Hall–Kier alpha value is -1.50. The van der Waals surface area contributed by atoms with E-state index in [-0.39, 0.29) is 6.54 Å². The molecule has 0 amide bonds. The topological polar surface area (TPSA) is 70.1 Å². The van der Waals surface area contributed by atoms with Crippen LogP contribution in [-0.4, -0.2) is 40.7 Å². The van der Waals surface area contributed by atoms with Gasteiger partial charge in [-0.25, -0.2) is 18.7 Å². The summed E-state index contributed by atoms with van der Waals surface area (Å²) in [5.41, 5.74) is 0. The Bertz CT molecular complexity index is 324. The van der Waals surface area contributed by atoms with E-state index in [1.165, 1.54) is 6.33 Å². The van der Waals surface area contributed by atoms with Gasteiger partial charge in [-0.2, -0.15) is 0 Å². The average molecular weight is 232 g/mol. The smallest absolute Gasteiger partial charge is 0.265 e. The van der Waals surface area contributed by atoms with Gasteiger partial charge in [0.15, 0.2) is 0 Å². The standard InChI is InChI=1S/C9H14F2N4O/c1-2-12-7-3-8(15-5-14-7)13-4-6(16)9(10)11/h3,5-6,9,16H,2,4H2,1H3,(H2,12,13,14,15). The van der Waals surface area contributed by atoms with Crippen LogP contribution in [0.2, 0.25) is 0 Å². The van der Waals surface area contributed by atoms with Gasteiger partial charge in [0.1, 0.15) is 24.1 Å². The lowest BCUT2D eigenvalue weighted by atomic mass is 10.3. The number of aliphatic hydroxyl groups excluding tert-OH is 1. The molecule has 0 aliphatic carbocycles. The second-order valence-electron chi connectivity index (χ2n) is 3.10. The average Bonchev–Trinajstić information content (AvgIpc) is 2.26. The zero-order valence-corrected chi connectivity index (χ0v) is 8.82. The summed E-state index contributed by atoms with van der Waals surface area (Å²) in [5.74, 6) is 0.997. The molecule has 16 heavy (non-hydrogen) atoms. The molecule has 1 aromatic rings. The van der Waals surface area contributed by atoms with E-state index in [9.17, 15) is 8.78 Å². The summed E-state index contributed by atoms with van der Waals surface area (Å²) in [6, 6.07) is 1.59. The second-order valence-corrected chi connectivity index (χ2v) is 3.10. The first-order chi connectivity index (χ1) is 7.63. The third-order valence-corrected chi connectivity index (χ3v) is 1.81. The summed E-state index contributed by atoms with van der Waals surface area (Å²) < 4.78 is 24.0. The largest absolute Gasteiger partial charge is 0.385 e. The first-order valence-corrected chi connectivity index (χ1v) is 4.89. The van der Waals surface area contributed by atoms with Gasteiger partial charge in [0.05, 0.1) is 0 Å². The van der Waals surface area contributed by atoms with E-state index in [1.807, 2.05) is 6.92 Å². The second kappa shape index (κ2) is 6.16. The van der Waals surface area contributed by atoms with E-state index >= 15 is 0 Å². The predicted octanol–water partition coefficient (Wildman–Crippen LogP) is 0.946. The summed E-state index contributed by atoms with van der Waals surface area (Å²) in [6.07, 6.45) is -3.14. The molecule has 7 heteroatoms. The van der Waals surface area contributed by atoms with Crippen LogP contribution in [0.4, 0.5) is 20.4 Å². The summed E-state index contributed by atoms with van der Waals surface area (Å²) in [7, 11) is 0. The van der Waals surface area contributed by atoms with Crippen LogP contribution in [-0.2, 0) is 0 Å². The number of alkyl halides is 2. The van der Waals surface area contributed by atoms with Crippen molar-refractivity contribution in [3.8, 4) is 0 Å². The molecule has 5 nitrogen and oxygen atoms in total. The summed E-state index contributed by atoms with van der Waals surface area (Å²) in [4.78, 5) is 7.75. The fourth-order valence-electron chi connectivity index (χ4n) is 1.03. The van der Waals surface area contributed by atoms with E-state index in [0.29, 0.717) is 18.2 Å². The fraction of sp³-hybridized carbons (Fsp3) is 0.556. The normalized spacial score (nSPS) is 12.6. The van der Waals surface area contributed by atoms with E-state index in [4.69, 9.17) is 5.11 Å². The third kappa shape index (κ3) is 3.93. The lowest BCUT2D eigenvalue weighted by Gasteiger charge is -2.11. The Kier molecular flexibility index (Phi) is 4.84. The Labute approximate surface area is 91.9 Å². The van der Waals surface area contributed by atoms with Crippen LogP contribution < -0.4 is 10.6 Å². The number of rotatable bonds is 6. The molecule has 0 bridgehead atoms. The molecule has 0 aliphatic rings. The van der Waals surface area contributed by atoms with Gasteiger partial charge in [0.25, 0.3) is 6.43 Å². The molecule has 90 valence electrons. The van der Waals surface area contributed by atoms with Crippen molar-refractivity contribution in [2.45, 2.75) is 19.5 Å². The Morgan fingerprint density at radius 1 is 1.31 bits per heavy atom. The third-order valence-electron chi connectivity index (χ3n) is 1.81. The molecule has 0 saturated carbocycles. The van der Waals surface area contributed by atoms with Crippen molar-refractivity contribution in [3.63, 3.8) is 0 Å². The van der Waals surface area contributed by atoms with Crippen molar-refractivity contribution in [1.29, 1.82) is 0 Å². The van der Waals surface area contributed by atoms with E-state index in [1.54, 1.807) is 6.07 Å². The molecule has 1 aromatic heterocycles. The molecule has 0 aromatic carbocycles. The lowest BCUT2D eigenvalue weighted by Crippen LogP contribution is -2.27. The highest BCUT2D eigenvalue weighted by Crippen LogP contribution is 2.09. The van der Waals surface area contributed by atoms with Crippen molar-refractivity contribution >= 4 is 11.6 Å². The van der Waals surface area contributed by atoms with Gasteiger partial charge in [0.2, 0.25) is 0 Å². The molecule has 0 fully saturated rings. The van der Waals surface area contributed by atoms with E-state index < -0.39 is 12.5 Å². The zero-order valence-electron chi connectivity index (χ0n) is 8.82. The molecular weight excluding hydrogens is 218 g/mol. The molecule has 3 N–H and O–H groups in total. The van der Waals surface area contributed by atoms with Crippen LogP contribution in [0, 0.1) is 0 Å². The minimum Gasteiger partial charge on any atom is -0.385 e. The number of nitrogens with one attached hydrogen (secondary N) is 2. The Morgan fingerprint density at radius 2 is 1.94 bits per heavy atom. The fourth-order valence-corrected chi connectivity index (χ4v) is 1.03. The van der Waals surface area contributed by atoms with E-state index in [2.05, 4.69) is 20.6 Å². The SMILES string of the molecule is CCNc1cc(NCC(O)C(F)F)ncn1. The quantitative estimate of drug-likeness (QED) is 0.681. The molecule has 1 atom stereocenters. The molecule has 1 rings (SSSR count). The van der Waals surface area contributed by atoms with Crippen molar-refractivity contribution in [2.75, 3.05) is 23.7 Å². The first-order valence-electron chi connectivity index (χ1n) is 4.89. The van der Waals surface area contributed by atoms with Crippen molar-refractivity contribution in [1.82, 2.24) is 9.97 Å². The Balaban J connectivity index is 2.50. The number of hydrogen-bond donors (Lipinski definition) is 3. The summed E-state index contributed by atoms with van der Waals surface area (Å²) in [6.45, 7) is 2.37. The van der Waals surface area contributed by atoms with Crippen LogP contribution in [0.3, 0.4) is 0 Å². The highest BCUT2D eigenvalue weighted by atomic mass is 19.3. The van der Waals surface area contributed by atoms with Crippen LogP contribution in [0.15, 0.2) is 12.4 Å². The maximum absolute atomic E-state index is 12.0. The molecule has 0 spiro atoms. The van der Waals surface area contributed by atoms with E-state index in [0.717, 1.165) is 0 Å². The van der Waals surface area contributed by atoms with Gasteiger partial charge in [-0.05, 0) is 6.92 Å². The number of aliphatic hydroxyl groups is 1. The van der Waals surface area contributed by atoms with Gasteiger partial charge in [-0.15, -0.1) is 0 Å². The Morgan fingerprint density at radius 3 is 2.50 bits per heavy atom. The molecule has 1 heterocycles. The molecule has 0 saturated heterocycles. The van der Waals surface area contributed by atoms with Gasteiger partial charge in [-0.1, -0.05) is 0 Å². The van der Waals surface area contributed by atoms with Crippen LogP contribution >= 0.6 is 0 Å². The lowest BCUT2D eigenvalue weighted by molar-refractivity contribution is 0.00381. The van der Waals surface area contributed by atoms with Gasteiger partial charge in [-0.3, -0.25) is 0 Å². The summed E-state index contributed by atoms with van der Waals surface area (Å²) in [5, 5.41) is 14.4. The molecular formula is C9H14F2N4O. The monoisotopic (exact) mass is 232 g/mol. The molecule has 0 radical (unpaired) electrons. The zero-order chi connectivity index (χ0) is 12.0. The highest BCUT2D eigenvalue weighted by Gasteiger charge is 2.16. The number of hydrogen-bond acceptors (Lipinski definition) is 5.